The van der Waals surface area contributed by atoms with Gasteiger partial charge in [0.15, 0.2) is 0 Å². The minimum Gasteiger partial charge on any atom is -0.339 e. The number of piperazine rings is 1. The van der Waals surface area contributed by atoms with Crippen molar-refractivity contribution in [3.05, 3.63) is 60.2 Å². The summed E-state index contributed by atoms with van der Waals surface area (Å²) in [4.78, 5) is 37.1. The standard InChI is InChI=1S/C20H21N5O2/c1-23-14-22-17-11-15(4-5-18(17)23)12-19(26)24-7-9-25(10-8-24)20(27)16-3-2-6-21-13-16/h2-6,11,13-14H,7-10,12H2,1H3. The minimum absolute atomic E-state index is 0.0317. The number of aryl methyl sites for hydroxylation is 1. The van der Waals surface area contributed by atoms with Crippen LogP contribution in [0.5, 0.6) is 0 Å². The van der Waals surface area contributed by atoms with Crippen molar-refractivity contribution in [1.82, 2.24) is 24.3 Å². The lowest BCUT2D eigenvalue weighted by atomic mass is 10.1. The van der Waals surface area contributed by atoms with Crippen LogP contribution in [0, 0.1) is 0 Å². The molecule has 27 heavy (non-hydrogen) atoms. The molecule has 1 aliphatic rings. The number of hydrogen-bond acceptors (Lipinski definition) is 4. The van der Waals surface area contributed by atoms with Gasteiger partial charge in [-0.3, -0.25) is 14.6 Å². The number of nitrogens with zero attached hydrogens (tertiary/aromatic N) is 5. The van der Waals surface area contributed by atoms with Crippen molar-refractivity contribution < 1.29 is 9.59 Å². The van der Waals surface area contributed by atoms with E-state index in [2.05, 4.69) is 9.97 Å². The Morgan fingerprint density at radius 1 is 1.07 bits per heavy atom. The highest BCUT2D eigenvalue weighted by Gasteiger charge is 2.25. The number of carbonyl (C=O) groups is 2. The monoisotopic (exact) mass is 363 g/mol. The molecular weight excluding hydrogens is 342 g/mol. The molecule has 138 valence electrons. The van der Waals surface area contributed by atoms with Gasteiger partial charge in [0.05, 0.1) is 29.3 Å². The highest BCUT2D eigenvalue weighted by atomic mass is 16.2. The van der Waals surface area contributed by atoms with Gasteiger partial charge in [-0.05, 0) is 29.8 Å². The molecule has 4 rings (SSSR count). The number of aromatic nitrogens is 3. The summed E-state index contributed by atoms with van der Waals surface area (Å²) in [5.74, 6) is 0.0505. The Balaban J connectivity index is 1.36. The van der Waals surface area contributed by atoms with Crippen LogP contribution < -0.4 is 0 Å². The molecule has 3 aromatic rings. The second-order valence-corrected chi connectivity index (χ2v) is 6.77. The molecule has 0 saturated carbocycles. The molecule has 0 radical (unpaired) electrons. The maximum absolute atomic E-state index is 12.6. The van der Waals surface area contributed by atoms with E-state index >= 15 is 0 Å². The van der Waals surface area contributed by atoms with E-state index < -0.39 is 0 Å². The van der Waals surface area contributed by atoms with Gasteiger partial charge in [-0.25, -0.2) is 4.98 Å². The first-order chi connectivity index (χ1) is 13.1. The van der Waals surface area contributed by atoms with Crippen LogP contribution in [0.1, 0.15) is 15.9 Å². The zero-order valence-corrected chi connectivity index (χ0v) is 15.2. The van der Waals surface area contributed by atoms with Crippen molar-refractivity contribution in [1.29, 1.82) is 0 Å². The molecule has 0 aliphatic carbocycles. The molecule has 0 atom stereocenters. The van der Waals surface area contributed by atoms with E-state index in [0.29, 0.717) is 38.2 Å². The topological polar surface area (TPSA) is 71.3 Å². The van der Waals surface area contributed by atoms with E-state index in [1.807, 2.05) is 34.7 Å². The molecule has 0 unspecified atom stereocenters. The lowest BCUT2D eigenvalue weighted by Crippen LogP contribution is -2.51. The number of fused-ring (bicyclic) bond motifs is 1. The number of imidazole rings is 1. The van der Waals surface area contributed by atoms with Crippen LogP contribution in [0.25, 0.3) is 11.0 Å². The van der Waals surface area contributed by atoms with Crippen LogP contribution in [0.15, 0.2) is 49.1 Å². The van der Waals surface area contributed by atoms with Crippen molar-refractivity contribution in [2.45, 2.75) is 6.42 Å². The smallest absolute Gasteiger partial charge is 0.255 e. The largest absolute Gasteiger partial charge is 0.339 e. The number of rotatable bonds is 3. The van der Waals surface area contributed by atoms with Gasteiger partial charge in [-0.15, -0.1) is 0 Å². The van der Waals surface area contributed by atoms with Gasteiger partial charge in [0.25, 0.3) is 5.91 Å². The molecule has 0 spiro atoms. The molecule has 1 fully saturated rings. The highest BCUT2D eigenvalue weighted by molar-refractivity contribution is 5.94. The second-order valence-electron chi connectivity index (χ2n) is 6.77. The summed E-state index contributed by atoms with van der Waals surface area (Å²) in [5, 5.41) is 0. The quantitative estimate of drug-likeness (QED) is 0.707. The molecule has 7 nitrogen and oxygen atoms in total. The Kier molecular flexibility index (Phi) is 4.58. The number of pyridine rings is 1. The van der Waals surface area contributed by atoms with Gasteiger partial charge < -0.3 is 14.4 Å². The Bertz CT molecular complexity index is 974. The average Bonchev–Trinajstić information content (AvgIpc) is 3.08. The molecule has 0 N–H and O–H groups in total. The predicted molar refractivity (Wildman–Crippen MR) is 101 cm³/mol. The van der Waals surface area contributed by atoms with Crippen molar-refractivity contribution in [3.8, 4) is 0 Å². The fourth-order valence-electron chi connectivity index (χ4n) is 3.41. The van der Waals surface area contributed by atoms with Crippen LogP contribution in [0.4, 0.5) is 0 Å². The average molecular weight is 363 g/mol. The molecule has 1 aromatic carbocycles. The van der Waals surface area contributed by atoms with E-state index in [-0.39, 0.29) is 11.8 Å². The maximum atomic E-state index is 12.6. The minimum atomic E-state index is -0.0317. The Morgan fingerprint density at radius 2 is 1.85 bits per heavy atom. The first-order valence-corrected chi connectivity index (χ1v) is 8.99. The number of amides is 2. The van der Waals surface area contributed by atoms with E-state index in [1.165, 1.54) is 0 Å². The van der Waals surface area contributed by atoms with Gasteiger partial charge >= 0.3 is 0 Å². The first-order valence-electron chi connectivity index (χ1n) is 8.99. The first kappa shape index (κ1) is 17.2. The predicted octanol–water partition coefficient (Wildman–Crippen LogP) is 1.50. The Labute approximate surface area is 157 Å². The van der Waals surface area contributed by atoms with Gasteiger partial charge in [-0.2, -0.15) is 0 Å². The van der Waals surface area contributed by atoms with E-state index in [0.717, 1.165) is 16.6 Å². The van der Waals surface area contributed by atoms with Crippen molar-refractivity contribution >= 4 is 22.8 Å². The fourth-order valence-corrected chi connectivity index (χ4v) is 3.41. The summed E-state index contributed by atoms with van der Waals surface area (Å²) in [6.45, 7) is 2.19. The zero-order chi connectivity index (χ0) is 18.8. The third-order valence-electron chi connectivity index (χ3n) is 4.97. The summed E-state index contributed by atoms with van der Waals surface area (Å²) in [6, 6.07) is 9.46. The maximum Gasteiger partial charge on any atom is 0.255 e. The Morgan fingerprint density at radius 3 is 2.59 bits per heavy atom. The van der Waals surface area contributed by atoms with Crippen LogP contribution in [0.3, 0.4) is 0 Å². The van der Waals surface area contributed by atoms with E-state index in [4.69, 9.17) is 0 Å². The lowest BCUT2D eigenvalue weighted by molar-refractivity contribution is -0.131. The number of carbonyl (C=O) groups excluding carboxylic acids is 2. The molecular formula is C20H21N5O2. The van der Waals surface area contributed by atoms with E-state index in [1.54, 1.807) is 35.8 Å². The summed E-state index contributed by atoms with van der Waals surface area (Å²) < 4.78 is 1.96. The van der Waals surface area contributed by atoms with Crippen molar-refractivity contribution in [3.63, 3.8) is 0 Å². The van der Waals surface area contributed by atoms with Crippen molar-refractivity contribution in [2.75, 3.05) is 26.2 Å². The number of benzene rings is 1. The van der Waals surface area contributed by atoms with Crippen LogP contribution in [-0.4, -0.2) is 62.3 Å². The summed E-state index contributed by atoms with van der Waals surface area (Å²) in [5.41, 5.74) is 3.49. The molecule has 1 saturated heterocycles. The van der Waals surface area contributed by atoms with Gasteiger partial charge in [0.1, 0.15) is 0 Å². The van der Waals surface area contributed by atoms with Crippen LogP contribution in [0.2, 0.25) is 0 Å². The lowest BCUT2D eigenvalue weighted by Gasteiger charge is -2.34. The Hall–Kier alpha value is -3.22. The van der Waals surface area contributed by atoms with Crippen LogP contribution >= 0.6 is 0 Å². The van der Waals surface area contributed by atoms with E-state index in [9.17, 15) is 9.59 Å². The normalized spacial score (nSPS) is 14.6. The molecule has 3 heterocycles. The highest BCUT2D eigenvalue weighted by Crippen LogP contribution is 2.16. The van der Waals surface area contributed by atoms with Gasteiger partial charge in [0, 0.05) is 45.6 Å². The third kappa shape index (κ3) is 3.53. The summed E-state index contributed by atoms with van der Waals surface area (Å²) >= 11 is 0. The SMILES string of the molecule is Cn1cnc2cc(CC(=O)N3CCN(C(=O)c4cccnc4)CC3)ccc21. The fraction of sp³-hybridized carbons (Fsp3) is 0.300. The number of hydrogen-bond donors (Lipinski definition) is 0. The molecule has 7 heteroatoms. The van der Waals surface area contributed by atoms with Gasteiger partial charge in [0.2, 0.25) is 5.91 Å². The molecule has 0 bridgehead atoms. The zero-order valence-electron chi connectivity index (χ0n) is 15.2. The molecule has 2 aromatic heterocycles. The summed E-state index contributed by atoms with van der Waals surface area (Å²) in [6.07, 6.45) is 5.35. The third-order valence-corrected chi connectivity index (χ3v) is 4.97. The summed E-state index contributed by atoms with van der Waals surface area (Å²) in [7, 11) is 1.95. The second kappa shape index (κ2) is 7.19. The molecule has 1 aliphatic heterocycles. The van der Waals surface area contributed by atoms with Crippen LogP contribution in [-0.2, 0) is 18.3 Å². The van der Waals surface area contributed by atoms with Crippen molar-refractivity contribution in [2.24, 2.45) is 7.05 Å². The molecule has 2 amide bonds. The van der Waals surface area contributed by atoms with Gasteiger partial charge in [-0.1, -0.05) is 6.07 Å².